The summed E-state index contributed by atoms with van der Waals surface area (Å²) in [4.78, 5) is 4.30. The van der Waals surface area contributed by atoms with E-state index in [0.717, 1.165) is 10.3 Å². The van der Waals surface area contributed by atoms with Crippen LogP contribution in [0.5, 0.6) is 0 Å². The van der Waals surface area contributed by atoms with Crippen LogP contribution < -0.4 is 5.32 Å². The van der Waals surface area contributed by atoms with Crippen LogP contribution in [0.25, 0.3) is 10.2 Å². The summed E-state index contributed by atoms with van der Waals surface area (Å²) in [5, 5.41) is 3.68. The van der Waals surface area contributed by atoms with E-state index in [0.29, 0.717) is 20.8 Å². The molecule has 0 amide bonds. The molecule has 0 radical (unpaired) electrons. The quantitative estimate of drug-likeness (QED) is 0.667. The minimum Gasteiger partial charge on any atom is -0.331 e. The maximum absolute atomic E-state index is 13.6. The van der Waals surface area contributed by atoms with Crippen molar-refractivity contribution in [3.05, 3.63) is 52.0 Å². The van der Waals surface area contributed by atoms with Crippen molar-refractivity contribution < 1.29 is 8.78 Å². The first-order chi connectivity index (χ1) is 9.52. The molecule has 6 heteroatoms. The zero-order valence-corrected chi connectivity index (χ0v) is 12.8. The second-order valence-corrected chi connectivity index (χ2v) is 6.22. The van der Waals surface area contributed by atoms with Crippen LogP contribution in [-0.4, -0.2) is 4.98 Å². The molecule has 0 bridgehead atoms. The zero-order valence-electron chi connectivity index (χ0n) is 10.4. The third-order valence-electron chi connectivity index (χ3n) is 2.86. The van der Waals surface area contributed by atoms with Gasteiger partial charge >= 0.3 is 0 Å². The van der Waals surface area contributed by atoms with Gasteiger partial charge in [0.2, 0.25) is 0 Å². The Kier molecular flexibility index (Phi) is 3.43. The fourth-order valence-corrected chi connectivity index (χ4v) is 3.17. The number of aryl methyl sites for hydroxylation is 1. The van der Waals surface area contributed by atoms with Crippen molar-refractivity contribution >= 4 is 48.3 Å². The van der Waals surface area contributed by atoms with Gasteiger partial charge in [0.15, 0.2) is 5.13 Å². The Labute approximate surface area is 126 Å². The first-order valence-corrected chi connectivity index (χ1v) is 7.42. The SMILES string of the molecule is Cc1cc(Br)c(F)cc1Nc1nc2cc(F)ccc2s1. The number of fused-ring (bicyclic) bond motifs is 1. The fourth-order valence-electron chi connectivity index (χ4n) is 1.85. The minimum atomic E-state index is -0.342. The second-order valence-electron chi connectivity index (χ2n) is 4.34. The molecule has 0 saturated carbocycles. The lowest BCUT2D eigenvalue weighted by molar-refractivity contribution is 0.621. The standard InChI is InChI=1S/C14H9BrF2N2S/c1-7-4-9(15)10(17)6-11(7)18-14-19-12-5-8(16)2-3-13(12)20-14/h2-6H,1H3,(H,18,19). The van der Waals surface area contributed by atoms with Gasteiger partial charge in [-0.15, -0.1) is 0 Å². The molecule has 2 aromatic carbocycles. The number of hydrogen-bond donors (Lipinski definition) is 1. The summed E-state index contributed by atoms with van der Waals surface area (Å²) < 4.78 is 28.0. The van der Waals surface area contributed by atoms with E-state index in [-0.39, 0.29) is 11.6 Å². The fraction of sp³-hybridized carbons (Fsp3) is 0.0714. The molecular formula is C14H9BrF2N2S. The summed E-state index contributed by atoms with van der Waals surface area (Å²) in [6.07, 6.45) is 0. The van der Waals surface area contributed by atoms with Crippen molar-refractivity contribution in [1.29, 1.82) is 0 Å². The number of rotatable bonds is 2. The first-order valence-electron chi connectivity index (χ1n) is 5.82. The lowest BCUT2D eigenvalue weighted by Gasteiger charge is -2.07. The van der Waals surface area contributed by atoms with Gasteiger partial charge in [0, 0.05) is 11.8 Å². The number of benzene rings is 2. The Morgan fingerprint density at radius 1 is 1.20 bits per heavy atom. The number of halogens is 3. The molecule has 0 aliphatic rings. The summed E-state index contributed by atoms with van der Waals surface area (Å²) >= 11 is 4.54. The third-order valence-corrected chi connectivity index (χ3v) is 4.42. The van der Waals surface area contributed by atoms with Gasteiger partial charge in [-0.25, -0.2) is 13.8 Å². The summed E-state index contributed by atoms with van der Waals surface area (Å²) in [5.74, 6) is -0.662. The van der Waals surface area contributed by atoms with Crippen molar-refractivity contribution in [2.24, 2.45) is 0 Å². The average molecular weight is 355 g/mol. The predicted octanol–water partition coefficient (Wildman–Crippen LogP) is 5.39. The number of nitrogens with one attached hydrogen (secondary N) is 1. The Hall–Kier alpha value is -1.53. The van der Waals surface area contributed by atoms with Crippen LogP contribution in [0.3, 0.4) is 0 Å². The highest BCUT2D eigenvalue weighted by Gasteiger charge is 2.09. The monoisotopic (exact) mass is 354 g/mol. The van der Waals surface area contributed by atoms with Crippen LogP contribution in [0, 0.1) is 18.6 Å². The topological polar surface area (TPSA) is 24.9 Å². The Morgan fingerprint density at radius 2 is 2.00 bits per heavy atom. The average Bonchev–Trinajstić information content (AvgIpc) is 2.77. The predicted molar refractivity (Wildman–Crippen MR) is 81.7 cm³/mol. The van der Waals surface area contributed by atoms with Crippen molar-refractivity contribution in [1.82, 2.24) is 4.98 Å². The number of nitrogens with zero attached hydrogens (tertiary/aromatic N) is 1. The Bertz CT molecular complexity index is 801. The highest BCUT2D eigenvalue weighted by atomic mass is 79.9. The Morgan fingerprint density at radius 3 is 2.80 bits per heavy atom. The van der Waals surface area contributed by atoms with Gasteiger partial charge in [-0.05, 0) is 52.7 Å². The molecule has 0 spiro atoms. The summed E-state index contributed by atoms with van der Waals surface area (Å²) in [5.41, 5.74) is 2.13. The second kappa shape index (κ2) is 5.10. The van der Waals surface area contributed by atoms with Gasteiger partial charge in [0.05, 0.1) is 14.7 Å². The summed E-state index contributed by atoms with van der Waals surface area (Å²) in [6.45, 7) is 1.87. The summed E-state index contributed by atoms with van der Waals surface area (Å²) in [7, 11) is 0. The molecule has 0 saturated heterocycles. The van der Waals surface area contributed by atoms with Crippen LogP contribution in [0.15, 0.2) is 34.8 Å². The van der Waals surface area contributed by atoms with Crippen LogP contribution in [0.2, 0.25) is 0 Å². The number of hydrogen-bond acceptors (Lipinski definition) is 3. The van der Waals surface area contributed by atoms with E-state index < -0.39 is 0 Å². The van der Waals surface area contributed by atoms with E-state index >= 15 is 0 Å². The smallest absolute Gasteiger partial charge is 0.188 e. The van der Waals surface area contributed by atoms with Crippen molar-refractivity contribution in [3.63, 3.8) is 0 Å². The maximum Gasteiger partial charge on any atom is 0.188 e. The third kappa shape index (κ3) is 2.53. The Balaban J connectivity index is 1.99. The van der Waals surface area contributed by atoms with E-state index in [1.165, 1.54) is 29.5 Å². The normalized spacial score (nSPS) is 11.0. The molecule has 102 valence electrons. The van der Waals surface area contributed by atoms with Crippen LogP contribution >= 0.6 is 27.3 Å². The van der Waals surface area contributed by atoms with Gasteiger partial charge in [0.1, 0.15) is 11.6 Å². The van der Waals surface area contributed by atoms with E-state index in [4.69, 9.17) is 0 Å². The lowest BCUT2D eigenvalue weighted by Crippen LogP contribution is -1.94. The number of anilines is 2. The molecule has 0 unspecified atom stereocenters. The maximum atomic E-state index is 13.6. The molecule has 0 aliphatic heterocycles. The molecule has 3 rings (SSSR count). The van der Waals surface area contributed by atoms with E-state index in [9.17, 15) is 8.78 Å². The molecule has 20 heavy (non-hydrogen) atoms. The van der Waals surface area contributed by atoms with Crippen molar-refractivity contribution in [3.8, 4) is 0 Å². The highest BCUT2D eigenvalue weighted by Crippen LogP contribution is 2.31. The highest BCUT2D eigenvalue weighted by molar-refractivity contribution is 9.10. The van der Waals surface area contributed by atoms with Gasteiger partial charge < -0.3 is 5.32 Å². The lowest BCUT2D eigenvalue weighted by atomic mass is 10.2. The molecular weight excluding hydrogens is 346 g/mol. The molecule has 0 aliphatic carbocycles. The van der Waals surface area contributed by atoms with Crippen LogP contribution in [0.1, 0.15) is 5.56 Å². The van der Waals surface area contributed by atoms with Gasteiger partial charge in [-0.2, -0.15) is 0 Å². The number of aromatic nitrogens is 1. The van der Waals surface area contributed by atoms with E-state index in [1.807, 2.05) is 6.92 Å². The molecule has 1 N–H and O–H groups in total. The largest absolute Gasteiger partial charge is 0.331 e. The van der Waals surface area contributed by atoms with Gasteiger partial charge in [-0.3, -0.25) is 0 Å². The molecule has 0 atom stereocenters. The van der Waals surface area contributed by atoms with E-state index in [1.54, 1.807) is 12.1 Å². The summed E-state index contributed by atoms with van der Waals surface area (Å²) in [6, 6.07) is 7.57. The van der Waals surface area contributed by atoms with Gasteiger partial charge in [-0.1, -0.05) is 11.3 Å². The van der Waals surface area contributed by atoms with Crippen LogP contribution in [-0.2, 0) is 0 Å². The van der Waals surface area contributed by atoms with Crippen molar-refractivity contribution in [2.45, 2.75) is 6.92 Å². The first kappa shape index (κ1) is 13.5. The number of thiazole rings is 1. The molecule has 1 aromatic heterocycles. The van der Waals surface area contributed by atoms with Gasteiger partial charge in [0.25, 0.3) is 0 Å². The van der Waals surface area contributed by atoms with E-state index in [2.05, 4.69) is 26.2 Å². The van der Waals surface area contributed by atoms with Crippen LogP contribution in [0.4, 0.5) is 19.6 Å². The zero-order chi connectivity index (χ0) is 14.3. The van der Waals surface area contributed by atoms with Crippen molar-refractivity contribution in [2.75, 3.05) is 5.32 Å². The molecule has 2 nitrogen and oxygen atoms in total. The molecule has 0 fully saturated rings. The molecule has 3 aromatic rings. The molecule has 1 heterocycles. The minimum absolute atomic E-state index is 0.319.